The van der Waals surface area contributed by atoms with E-state index in [9.17, 15) is 5.11 Å². The summed E-state index contributed by atoms with van der Waals surface area (Å²) in [6.07, 6.45) is -1.89. The number of aliphatic hydroxyl groups excluding tert-OH is 1. The van der Waals surface area contributed by atoms with Crippen LogP contribution in [0.4, 0.5) is 0 Å². The summed E-state index contributed by atoms with van der Waals surface area (Å²) in [5.41, 5.74) is 1.01. The van der Waals surface area contributed by atoms with E-state index in [2.05, 4.69) is 33.9 Å². The predicted octanol–water partition coefficient (Wildman–Crippen LogP) is 4.25. The largest absolute Gasteiger partial charge is 0.408 e. The van der Waals surface area contributed by atoms with E-state index in [1.807, 2.05) is 44.2 Å². The summed E-state index contributed by atoms with van der Waals surface area (Å²) in [7, 11) is -0.618. The van der Waals surface area contributed by atoms with Crippen LogP contribution >= 0.6 is 0 Å². The van der Waals surface area contributed by atoms with Crippen molar-refractivity contribution in [1.82, 2.24) is 0 Å². The van der Waals surface area contributed by atoms with Crippen molar-refractivity contribution >= 4 is 8.32 Å². The van der Waals surface area contributed by atoms with Gasteiger partial charge in [0.2, 0.25) is 0 Å². The zero-order valence-electron chi connectivity index (χ0n) is 19.1. The lowest BCUT2D eigenvalue weighted by atomic mass is 9.95. The Morgan fingerprint density at radius 2 is 1.76 bits per heavy atom. The molecule has 0 aliphatic carbocycles. The average molecular weight is 427 g/mol. The van der Waals surface area contributed by atoms with Gasteiger partial charge in [0.05, 0.1) is 6.61 Å². The number of aliphatic hydroxyl groups is 1. The summed E-state index contributed by atoms with van der Waals surface area (Å²) in [5, 5.41) is 10.1. The van der Waals surface area contributed by atoms with Gasteiger partial charge >= 0.3 is 0 Å². The number of methoxy groups -OCH3 is 1. The van der Waals surface area contributed by atoms with Crippen LogP contribution in [0.1, 0.15) is 46.3 Å². The van der Waals surface area contributed by atoms with Crippen LogP contribution in [0.3, 0.4) is 0 Å². The SMILES string of the molecule is COCO[C@@H](CO)[C@H]1OC(C)(C)O[C@H](c2ccccc2)[C@H]1O[Si](C)(C)C(C)(C)C. The molecule has 1 aliphatic rings. The van der Waals surface area contributed by atoms with E-state index >= 15 is 0 Å². The van der Waals surface area contributed by atoms with E-state index < -0.39 is 32.4 Å². The van der Waals surface area contributed by atoms with Crippen LogP contribution in [0.5, 0.6) is 0 Å². The fraction of sp³-hybridized carbons (Fsp3) is 0.727. The van der Waals surface area contributed by atoms with Crippen LogP contribution in [0.2, 0.25) is 18.1 Å². The molecule has 1 fully saturated rings. The Morgan fingerprint density at radius 1 is 1.14 bits per heavy atom. The Balaban J connectivity index is 2.48. The maximum atomic E-state index is 10.1. The molecule has 0 unspecified atom stereocenters. The number of ether oxygens (including phenoxy) is 4. The van der Waals surface area contributed by atoms with E-state index in [4.69, 9.17) is 23.4 Å². The quantitative estimate of drug-likeness (QED) is 0.495. The molecule has 1 saturated heterocycles. The molecular formula is C22H38O6Si. The first kappa shape index (κ1) is 24.5. The topological polar surface area (TPSA) is 66.4 Å². The van der Waals surface area contributed by atoms with Gasteiger partial charge in [-0.2, -0.15) is 0 Å². The number of hydrogen-bond donors (Lipinski definition) is 1. The fourth-order valence-electron chi connectivity index (χ4n) is 3.21. The highest BCUT2D eigenvalue weighted by Gasteiger charge is 2.51. The Hall–Kier alpha value is -0.803. The molecule has 1 aromatic rings. The standard InChI is InChI=1S/C22H38O6Si/c1-21(2,3)29(7,8)28-20-18(16-12-10-9-11-13-16)26-22(4,5)27-19(20)17(14-23)25-15-24-6/h9-13,17-20,23H,14-15H2,1-8H3/t17-,18+,19+,20+/m0/s1. The van der Waals surface area contributed by atoms with Crippen molar-refractivity contribution in [3.8, 4) is 0 Å². The summed E-state index contributed by atoms with van der Waals surface area (Å²) in [4.78, 5) is 0. The van der Waals surface area contributed by atoms with Crippen molar-refractivity contribution in [2.75, 3.05) is 20.5 Å². The zero-order valence-corrected chi connectivity index (χ0v) is 20.1. The van der Waals surface area contributed by atoms with Crippen molar-refractivity contribution in [1.29, 1.82) is 0 Å². The molecule has 2 rings (SSSR count). The van der Waals surface area contributed by atoms with Crippen molar-refractivity contribution < 1.29 is 28.5 Å². The molecule has 0 spiro atoms. The molecular weight excluding hydrogens is 388 g/mol. The lowest BCUT2D eigenvalue weighted by Gasteiger charge is -2.51. The first-order chi connectivity index (χ1) is 13.4. The first-order valence-electron chi connectivity index (χ1n) is 10.2. The lowest BCUT2D eigenvalue weighted by molar-refractivity contribution is -0.351. The summed E-state index contributed by atoms with van der Waals surface area (Å²) in [6.45, 7) is 14.6. The van der Waals surface area contributed by atoms with Gasteiger partial charge in [0.15, 0.2) is 14.1 Å². The second kappa shape index (κ2) is 9.56. The molecule has 0 radical (unpaired) electrons. The molecule has 0 aromatic heterocycles. The number of hydrogen-bond acceptors (Lipinski definition) is 6. The van der Waals surface area contributed by atoms with Gasteiger partial charge in [-0.3, -0.25) is 0 Å². The average Bonchev–Trinajstić information content (AvgIpc) is 2.63. The van der Waals surface area contributed by atoms with Crippen molar-refractivity contribution in [2.24, 2.45) is 0 Å². The van der Waals surface area contributed by atoms with Crippen LogP contribution in [0.25, 0.3) is 0 Å². The third-order valence-corrected chi connectivity index (χ3v) is 10.2. The molecule has 4 atom stereocenters. The Kier molecular flexibility index (Phi) is 8.06. The van der Waals surface area contributed by atoms with Gasteiger partial charge in [-0.25, -0.2) is 0 Å². The maximum absolute atomic E-state index is 10.1. The van der Waals surface area contributed by atoms with Crippen LogP contribution < -0.4 is 0 Å². The predicted molar refractivity (Wildman–Crippen MR) is 115 cm³/mol. The molecule has 1 aromatic carbocycles. The molecule has 29 heavy (non-hydrogen) atoms. The second-order valence-electron chi connectivity index (χ2n) is 9.57. The van der Waals surface area contributed by atoms with E-state index in [0.717, 1.165) is 5.56 Å². The Bertz CT molecular complexity index is 628. The van der Waals surface area contributed by atoms with Gasteiger partial charge < -0.3 is 28.5 Å². The first-order valence-corrected chi connectivity index (χ1v) is 13.1. The summed E-state index contributed by atoms with van der Waals surface area (Å²) < 4.78 is 30.3. The molecule has 1 N–H and O–H groups in total. The van der Waals surface area contributed by atoms with Crippen molar-refractivity contribution in [3.05, 3.63) is 35.9 Å². The highest BCUT2D eigenvalue weighted by Crippen LogP contribution is 2.44. The normalized spacial score (nSPS) is 26.3. The van der Waals surface area contributed by atoms with Crippen LogP contribution in [0, 0.1) is 0 Å². The minimum Gasteiger partial charge on any atom is -0.408 e. The number of rotatable bonds is 8. The summed E-state index contributed by atoms with van der Waals surface area (Å²) in [5.74, 6) is -0.859. The maximum Gasteiger partial charge on any atom is 0.192 e. The molecule has 0 bridgehead atoms. The van der Waals surface area contributed by atoms with Gasteiger partial charge in [0.25, 0.3) is 0 Å². The lowest BCUT2D eigenvalue weighted by Crippen LogP contribution is -2.60. The van der Waals surface area contributed by atoms with E-state index in [0.29, 0.717) is 0 Å². The minimum absolute atomic E-state index is 0.00779. The Morgan fingerprint density at radius 3 is 2.28 bits per heavy atom. The van der Waals surface area contributed by atoms with Gasteiger partial charge in [-0.05, 0) is 37.5 Å². The molecule has 1 heterocycles. The van der Waals surface area contributed by atoms with Gasteiger partial charge in [-0.1, -0.05) is 51.1 Å². The van der Waals surface area contributed by atoms with Crippen molar-refractivity contribution in [2.45, 2.75) is 83.0 Å². The van der Waals surface area contributed by atoms with Crippen LogP contribution in [-0.2, 0) is 23.4 Å². The van der Waals surface area contributed by atoms with Gasteiger partial charge in [0.1, 0.15) is 31.2 Å². The van der Waals surface area contributed by atoms with E-state index in [-0.39, 0.29) is 24.5 Å². The van der Waals surface area contributed by atoms with Crippen LogP contribution in [-0.4, -0.2) is 58.0 Å². The monoisotopic (exact) mass is 426 g/mol. The fourth-order valence-corrected chi connectivity index (χ4v) is 4.50. The van der Waals surface area contributed by atoms with Gasteiger partial charge in [-0.15, -0.1) is 0 Å². The molecule has 166 valence electrons. The Labute approximate surface area is 176 Å². The molecule has 6 nitrogen and oxygen atoms in total. The van der Waals surface area contributed by atoms with Crippen molar-refractivity contribution in [3.63, 3.8) is 0 Å². The zero-order chi connectivity index (χ0) is 21.9. The smallest absolute Gasteiger partial charge is 0.192 e. The summed E-state index contributed by atoms with van der Waals surface area (Å²) >= 11 is 0. The minimum atomic E-state index is -2.17. The highest BCUT2D eigenvalue weighted by molar-refractivity contribution is 6.74. The number of benzene rings is 1. The summed E-state index contributed by atoms with van der Waals surface area (Å²) in [6, 6.07) is 10.0. The van der Waals surface area contributed by atoms with Gasteiger partial charge in [0, 0.05) is 7.11 Å². The molecule has 1 aliphatic heterocycles. The third kappa shape index (κ3) is 6.10. The third-order valence-electron chi connectivity index (χ3n) is 5.76. The highest BCUT2D eigenvalue weighted by atomic mass is 28.4. The van der Waals surface area contributed by atoms with E-state index in [1.54, 1.807) is 7.11 Å². The molecule has 7 heteroatoms. The molecule has 0 saturated carbocycles. The van der Waals surface area contributed by atoms with Crippen LogP contribution in [0.15, 0.2) is 30.3 Å². The molecule has 0 amide bonds. The van der Waals surface area contributed by atoms with E-state index in [1.165, 1.54) is 0 Å². The second-order valence-corrected chi connectivity index (χ2v) is 14.3.